The van der Waals surface area contributed by atoms with Crippen molar-refractivity contribution in [2.75, 3.05) is 6.54 Å². The van der Waals surface area contributed by atoms with Gasteiger partial charge in [0.15, 0.2) is 0 Å². The number of amides is 1. The van der Waals surface area contributed by atoms with E-state index in [9.17, 15) is 18.0 Å². The number of rotatable bonds is 5. The molecule has 4 nitrogen and oxygen atoms in total. The second kappa shape index (κ2) is 6.51. The van der Waals surface area contributed by atoms with Crippen molar-refractivity contribution < 1.29 is 18.0 Å². The van der Waals surface area contributed by atoms with Crippen LogP contribution in [0.25, 0.3) is 0 Å². The van der Waals surface area contributed by atoms with Gasteiger partial charge < -0.3 is 4.90 Å². The minimum Gasteiger partial charge on any atom is -0.326 e. The molecule has 8 heteroatoms. The highest BCUT2D eigenvalue weighted by Crippen LogP contribution is 2.24. The second-order valence-electron chi connectivity index (χ2n) is 4.94. The molecule has 0 aliphatic heterocycles. The zero-order chi connectivity index (χ0) is 15.5. The topological polar surface area (TPSA) is 46.1 Å². The molecule has 114 valence electrons. The Morgan fingerprint density at radius 1 is 1.35 bits per heavy atom. The Morgan fingerprint density at radius 3 is 2.40 bits per heavy atom. The Hall–Kier alpha value is -1.18. The van der Waals surface area contributed by atoms with Crippen molar-refractivity contribution in [1.82, 2.24) is 14.5 Å². The first-order chi connectivity index (χ1) is 9.17. The fourth-order valence-electron chi connectivity index (χ4n) is 1.69. The van der Waals surface area contributed by atoms with Crippen LogP contribution in [0.5, 0.6) is 0 Å². The van der Waals surface area contributed by atoms with Gasteiger partial charge in [0.25, 0.3) is 5.91 Å². The number of aromatic nitrogens is 2. The van der Waals surface area contributed by atoms with Gasteiger partial charge in [-0.25, -0.2) is 0 Å². The van der Waals surface area contributed by atoms with Crippen molar-refractivity contribution in [2.45, 2.75) is 46.3 Å². The summed E-state index contributed by atoms with van der Waals surface area (Å²) in [5, 5.41) is 3.78. The number of halogens is 3. The molecule has 1 heterocycles. The highest BCUT2D eigenvalue weighted by Gasteiger charge is 2.37. The maximum absolute atomic E-state index is 12.7. The monoisotopic (exact) mass is 309 g/mol. The van der Waals surface area contributed by atoms with Crippen LogP contribution in [0.1, 0.15) is 43.1 Å². The Bertz CT molecular complexity index is 459. The van der Waals surface area contributed by atoms with Crippen molar-refractivity contribution in [3.05, 3.63) is 10.6 Å². The Labute approximate surface area is 120 Å². The largest absolute Gasteiger partial charge is 0.406 e. The fraction of sp³-hybridized carbons (Fsp3) is 0.750. The van der Waals surface area contributed by atoms with E-state index in [1.54, 1.807) is 27.7 Å². The van der Waals surface area contributed by atoms with Gasteiger partial charge in [-0.1, -0.05) is 25.3 Å². The van der Waals surface area contributed by atoms with E-state index >= 15 is 0 Å². The third kappa shape index (κ3) is 4.16. The molecule has 0 saturated heterocycles. The molecule has 1 amide bonds. The minimum atomic E-state index is -4.43. The van der Waals surface area contributed by atoms with Crippen LogP contribution in [0, 0.1) is 5.92 Å². The summed E-state index contributed by atoms with van der Waals surface area (Å²) in [6, 6.07) is -0.518. The lowest BCUT2D eigenvalue weighted by atomic mass is 10.0. The molecular formula is C12H18F3N3OS. The predicted octanol–water partition coefficient (Wildman–Crippen LogP) is 3.15. The van der Waals surface area contributed by atoms with Crippen molar-refractivity contribution in [1.29, 1.82) is 0 Å². The van der Waals surface area contributed by atoms with Gasteiger partial charge in [-0.15, -0.1) is 5.10 Å². The van der Waals surface area contributed by atoms with E-state index in [4.69, 9.17) is 0 Å². The first kappa shape index (κ1) is 16.9. The van der Waals surface area contributed by atoms with Gasteiger partial charge in [-0.2, -0.15) is 13.2 Å². The molecule has 1 aromatic heterocycles. The summed E-state index contributed by atoms with van der Waals surface area (Å²) in [6.07, 6.45) is -3.96. The van der Waals surface area contributed by atoms with Crippen molar-refractivity contribution in [3.8, 4) is 0 Å². The predicted molar refractivity (Wildman–Crippen MR) is 70.7 cm³/mol. The number of carbonyl (C=O) groups excluding carboxylic acids is 1. The number of carbonyl (C=O) groups is 1. The first-order valence-electron chi connectivity index (χ1n) is 6.36. The van der Waals surface area contributed by atoms with Gasteiger partial charge in [0, 0.05) is 6.04 Å². The molecule has 1 atom stereocenters. The Morgan fingerprint density at radius 2 is 1.95 bits per heavy atom. The molecule has 0 aliphatic carbocycles. The van der Waals surface area contributed by atoms with Gasteiger partial charge in [0.05, 0.1) is 5.69 Å². The van der Waals surface area contributed by atoms with Crippen molar-refractivity contribution >= 4 is 17.4 Å². The standard InChI is InChI=1S/C12H18F3N3OS/c1-5-9-10(20-17-16-9)11(19)18(6-12(13,14)15)8(4)7(2)3/h7-8H,5-6H2,1-4H3/t8-/m0/s1. The van der Waals surface area contributed by atoms with Crippen LogP contribution in [0.3, 0.4) is 0 Å². The van der Waals surface area contributed by atoms with E-state index in [2.05, 4.69) is 9.59 Å². The van der Waals surface area contributed by atoms with E-state index in [-0.39, 0.29) is 10.8 Å². The molecule has 0 radical (unpaired) electrons. The maximum Gasteiger partial charge on any atom is 0.406 e. The molecule has 0 spiro atoms. The summed E-state index contributed by atoms with van der Waals surface area (Å²) >= 11 is 0.846. The smallest absolute Gasteiger partial charge is 0.326 e. The van der Waals surface area contributed by atoms with Crippen LogP contribution < -0.4 is 0 Å². The summed E-state index contributed by atoms with van der Waals surface area (Å²) < 4.78 is 41.7. The molecule has 0 N–H and O–H groups in total. The third-order valence-electron chi connectivity index (χ3n) is 3.15. The van der Waals surface area contributed by atoms with Crippen molar-refractivity contribution in [3.63, 3.8) is 0 Å². The van der Waals surface area contributed by atoms with Crippen LogP contribution in [0.15, 0.2) is 0 Å². The highest BCUT2D eigenvalue weighted by atomic mass is 32.1. The van der Waals surface area contributed by atoms with Gasteiger partial charge in [0.1, 0.15) is 11.4 Å². The van der Waals surface area contributed by atoms with E-state index in [1.165, 1.54) is 0 Å². The van der Waals surface area contributed by atoms with Crippen LogP contribution in [0.4, 0.5) is 13.2 Å². The average molecular weight is 309 g/mol. The van der Waals surface area contributed by atoms with Gasteiger partial charge in [0.2, 0.25) is 0 Å². The fourth-order valence-corrected chi connectivity index (χ4v) is 2.39. The zero-order valence-corrected chi connectivity index (χ0v) is 12.7. The normalized spacial score (nSPS) is 13.6. The number of alkyl halides is 3. The SMILES string of the molecule is CCc1nnsc1C(=O)N(CC(F)(F)F)[C@@H](C)C(C)C. The molecule has 1 rings (SSSR count). The molecule has 0 aliphatic rings. The van der Waals surface area contributed by atoms with E-state index in [1.807, 2.05) is 0 Å². The minimum absolute atomic E-state index is 0.0766. The van der Waals surface area contributed by atoms with Gasteiger partial charge in [-0.3, -0.25) is 4.79 Å². The van der Waals surface area contributed by atoms with Crippen LogP contribution in [-0.2, 0) is 6.42 Å². The van der Waals surface area contributed by atoms with Crippen molar-refractivity contribution in [2.24, 2.45) is 5.92 Å². The number of aryl methyl sites for hydroxylation is 1. The molecule has 0 unspecified atom stereocenters. The highest BCUT2D eigenvalue weighted by molar-refractivity contribution is 7.08. The maximum atomic E-state index is 12.7. The first-order valence-corrected chi connectivity index (χ1v) is 7.13. The van der Waals surface area contributed by atoms with Crippen LogP contribution in [0.2, 0.25) is 0 Å². The van der Waals surface area contributed by atoms with Crippen LogP contribution >= 0.6 is 11.5 Å². The van der Waals surface area contributed by atoms with Gasteiger partial charge in [-0.05, 0) is 30.8 Å². The second-order valence-corrected chi connectivity index (χ2v) is 5.69. The van der Waals surface area contributed by atoms with Gasteiger partial charge >= 0.3 is 6.18 Å². The quantitative estimate of drug-likeness (QED) is 0.839. The summed E-state index contributed by atoms with van der Waals surface area (Å²) in [4.78, 5) is 13.4. The molecule has 0 aromatic carbocycles. The lowest BCUT2D eigenvalue weighted by Crippen LogP contribution is -2.46. The molecule has 1 aromatic rings. The lowest BCUT2D eigenvalue weighted by molar-refractivity contribution is -0.145. The number of nitrogens with zero attached hydrogens (tertiary/aromatic N) is 3. The summed E-state index contributed by atoms with van der Waals surface area (Å²) in [5.41, 5.74) is 0.447. The zero-order valence-electron chi connectivity index (χ0n) is 11.9. The Kier molecular flexibility index (Phi) is 5.50. The molecule has 20 heavy (non-hydrogen) atoms. The van der Waals surface area contributed by atoms with E-state index < -0.39 is 24.7 Å². The molecule has 0 fully saturated rings. The molecule has 0 saturated carbocycles. The Balaban J connectivity index is 3.07. The third-order valence-corrected chi connectivity index (χ3v) is 3.91. The number of hydrogen-bond acceptors (Lipinski definition) is 4. The lowest BCUT2D eigenvalue weighted by Gasteiger charge is -2.32. The van der Waals surface area contributed by atoms with Crippen LogP contribution in [-0.4, -0.2) is 39.2 Å². The summed E-state index contributed by atoms with van der Waals surface area (Å²) in [5.74, 6) is -0.720. The summed E-state index contributed by atoms with van der Waals surface area (Å²) in [6.45, 7) is 5.72. The van der Waals surface area contributed by atoms with E-state index in [0.29, 0.717) is 12.1 Å². The molecular weight excluding hydrogens is 291 g/mol. The van der Waals surface area contributed by atoms with E-state index in [0.717, 1.165) is 16.4 Å². The summed E-state index contributed by atoms with van der Waals surface area (Å²) in [7, 11) is 0. The average Bonchev–Trinajstić information content (AvgIpc) is 2.81. The number of hydrogen-bond donors (Lipinski definition) is 0. The molecule has 0 bridgehead atoms.